The van der Waals surface area contributed by atoms with Gasteiger partial charge in [0.1, 0.15) is 0 Å². The highest BCUT2D eigenvalue weighted by Crippen LogP contribution is 2.28. The fourth-order valence-corrected chi connectivity index (χ4v) is 5.95. The van der Waals surface area contributed by atoms with Crippen molar-refractivity contribution in [1.29, 1.82) is 0 Å². The Morgan fingerprint density at radius 1 is 1.23 bits per heavy atom. The highest BCUT2D eigenvalue weighted by Gasteiger charge is 2.33. The fourth-order valence-electron chi connectivity index (χ4n) is 3.49. The Morgan fingerprint density at radius 2 is 2.03 bits per heavy atom. The van der Waals surface area contributed by atoms with Crippen LogP contribution < -0.4 is 0 Å². The van der Waals surface area contributed by atoms with Crippen LogP contribution in [0.3, 0.4) is 0 Å². The average Bonchev–Trinajstić information content (AvgIpc) is 3.40. The lowest BCUT2D eigenvalue weighted by Gasteiger charge is -2.23. The maximum Gasteiger partial charge on any atom is 0.339 e. The third-order valence-corrected chi connectivity index (χ3v) is 7.83. The van der Waals surface area contributed by atoms with Crippen molar-refractivity contribution in [2.45, 2.75) is 12.5 Å². The molecule has 1 amide bonds. The Morgan fingerprint density at radius 3 is 2.73 bits per heavy atom. The lowest BCUT2D eigenvalue weighted by molar-refractivity contribution is -0.134. The molecule has 9 heteroatoms. The van der Waals surface area contributed by atoms with Crippen molar-refractivity contribution in [3.63, 3.8) is 0 Å². The smallest absolute Gasteiger partial charge is 0.339 e. The summed E-state index contributed by atoms with van der Waals surface area (Å²) in [6.45, 7) is -0.448. The number of fused-ring (bicyclic) bond motifs is 1. The number of thiophene rings is 1. The van der Waals surface area contributed by atoms with Crippen molar-refractivity contribution in [2.75, 3.05) is 25.2 Å². The molecule has 0 saturated carbocycles. The number of pyridine rings is 1. The lowest BCUT2D eigenvalue weighted by Crippen LogP contribution is -2.40. The first-order chi connectivity index (χ1) is 14.3. The van der Waals surface area contributed by atoms with Crippen LogP contribution in [0, 0.1) is 0 Å². The molecule has 2 aromatic heterocycles. The summed E-state index contributed by atoms with van der Waals surface area (Å²) < 4.78 is 28.6. The van der Waals surface area contributed by atoms with Gasteiger partial charge >= 0.3 is 5.97 Å². The summed E-state index contributed by atoms with van der Waals surface area (Å²) in [5.41, 5.74) is 1.66. The number of para-hydroxylation sites is 1. The second-order valence-corrected chi connectivity index (χ2v) is 10.4. The van der Waals surface area contributed by atoms with Crippen LogP contribution >= 0.6 is 11.3 Å². The summed E-state index contributed by atoms with van der Waals surface area (Å²) in [6.07, 6.45) is 0.400. The molecule has 0 bridgehead atoms. The van der Waals surface area contributed by atoms with Gasteiger partial charge in [0.05, 0.1) is 33.2 Å². The van der Waals surface area contributed by atoms with Gasteiger partial charge < -0.3 is 9.64 Å². The van der Waals surface area contributed by atoms with E-state index in [0.717, 1.165) is 4.88 Å². The quantitative estimate of drug-likeness (QED) is 0.562. The van der Waals surface area contributed by atoms with Crippen molar-refractivity contribution in [1.82, 2.24) is 9.88 Å². The maximum atomic E-state index is 12.8. The molecule has 1 fully saturated rings. The molecule has 0 aliphatic carbocycles. The molecule has 7 nitrogen and oxygen atoms in total. The number of amides is 1. The molecule has 0 unspecified atom stereocenters. The predicted octanol–water partition coefficient (Wildman–Crippen LogP) is 2.77. The Kier molecular flexibility index (Phi) is 5.57. The van der Waals surface area contributed by atoms with Gasteiger partial charge in [-0.05, 0) is 30.0 Å². The second-order valence-electron chi connectivity index (χ2n) is 7.19. The van der Waals surface area contributed by atoms with Gasteiger partial charge in [0.2, 0.25) is 0 Å². The highest BCUT2D eigenvalue weighted by molar-refractivity contribution is 7.91. The number of carbonyl (C=O) groups excluding carboxylic acids is 2. The molecule has 1 saturated heterocycles. The van der Waals surface area contributed by atoms with Gasteiger partial charge in [-0.25, -0.2) is 18.2 Å². The van der Waals surface area contributed by atoms with Gasteiger partial charge in [0, 0.05) is 18.5 Å². The van der Waals surface area contributed by atoms with Gasteiger partial charge in [-0.15, -0.1) is 11.3 Å². The first kappa shape index (κ1) is 20.5. The summed E-state index contributed by atoms with van der Waals surface area (Å²) >= 11 is 1.52. The maximum absolute atomic E-state index is 12.8. The summed E-state index contributed by atoms with van der Waals surface area (Å²) in [6, 6.07) is 12.4. The van der Waals surface area contributed by atoms with Crippen LogP contribution in [-0.4, -0.2) is 61.4 Å². The molecule has 3 heterocycles. The third-order valence-electron chi connectivity index (χ3n) is 5.19. The zero-order chi connectivity index (χ0) is 21.3. The Bertz CT molecular complexity index is 1210. The number of nitrogens with zero attached hydrogens (tertiary/aromatic N) is 2. The summed E-state index contributed by atoms with van der Waals surface area (Å²) in [5.74, 6) is -1.03. The van der Waals surface area contributed by atoms with Crippen molar-refractivity contribution in [3.05, 3.63) is 53.4 Å². The van der Waals surface area contributed by atoms with Gasteiger partial charge in [-0.3, -0.25) is 4.79 Å². The Balaban J connectivity index is 1.52. The van der Waals surface area contributed by atoms with E-state index >= 15 is 0 Å². The second kappa shape index (κ2) is 8.16. The van der Waals surface area contributed by atoms with E-state index in [2.05, 4.69) is 4.98 Å². The number of ether oxygens (including phenoxy) is 1. The third kappa shape index (κ3) is 4.22. The summed E-state index contributed by atoms with van der Waals surface area (Å²) in [5, 5.41) is 2.58. The lowest BCUT2D eigenvalue weighted by atomic mass is 10.1. The van der Waals surface area contributed by atoms with E-state index in [4.69, 9.17) is 4.74 Å². The number of likely N-dealkylation sites (N-methyl/N-ethyl adjacent to an activating group) is 1. The first-order valence-electron chi connectivity index (χ1n) is 9.41. The minimum absolute atomic E-state index is 0.0532. The molecule has 0 radical (unpaired) electrons. The van der Waals surface area contributed by atoms with E-state index in [1.807, 2.05) is 35.7 Å². The van der Waals surface area contributed by atoms with Crippen LogP contribution in [-0.2, 0) is 19.4 Å². The van der Waals surface area contributed by atoms with Crippen molar-refractivity contribution in [2.24, 2.45) is 0 Å². The van der Waals surface area contributed by atoms with Crippen LogP contribution in [0.2, 0.25) is 0 Å². The Labute approximate surface area is 178 Å². The molecular weight excluding hydrogens is 424 g/mol. The molecule has 1 aromatic carbocycles. The number of aromatic nitrogens is 1. The number of esters is 1. The van der Waals surface area contributed by atoms with E-state index in [-0.39, 0.29) is 17.5 Å². The molecule has 156 valence electrons. The monoisotopic (exact) mass is 444 g/mol. The Hall–Kier alpha value is -2.78. The van der Waals surface area contributed by atoms with Crippen LogP contribution in [0.5, 0.6) is 0 Å². The molecule has 0 spiro atoms. The molecule has 1 atom stereocenters. The van der Waals surface area contributed by atoms with Crippen molar-refractivity contribution < 1.29 is 22.7 Å². The zero-order valence-corrected chi connectivity index (χ0v) is 17.9. The highest BCUT2D eigenvalue weighted by atomic mass is 32.2. The van der Waals surface area contributed by atoms with E-state index in [9.17, 15) is 18.0 Å². The van der Waals surface area contributed by atoms with Crippen molar-refractivity contribution >= 4 is 44.0 Å². The van der Waals surface area contributed by atoms with E-state index in [0.29, 0.717) is 28.6 Å². The molecular formula is C21H20N2O5S2. The van der Waals surface area contributed by atoms with Crippen LogP contribution in [0.15, 0.2) is 47.8 Å². The normalized spacial score (nSPS) is 17.7. The van der Waals surface area contributed by atoms with E-state index in [1.54, 1.807) is 19.2 Å². The van der Waals surface area contributed by atoms with Gasteiger partial charge in [0.15, 0.2) is 16.4 Å². The standard InChI is InChI=1S/C21H20N2O5S2/c1-23(14-8-10-30(26,27)13-14)20(24)12-28-21(25)16-11-18(19-7-4-9-29-19)22-17-6-3-2-5-15(16)17/h2-7,9,11,14H,8,10,12-13H2,1H3/t14-/m0/s1. The number of rotatable bonds is 5. The molecule has 1 aliphatic rings. The number of sulfone groups is 1. The molecule has 0 N–H and O–H groups in total. The number of benzene rings is 1. The number of carbonyl (C=O) groups is 2. The first-order valence-corrected chi connectivity index (χ1v) is 12.1. The van der Waals surface area contributed by atoms with Gasteiger partial charge in [-0.1, -0.05) is 24.3 Å². The topological polar surface area (TPSA) is 93.6 Å². The largest absolute Gasteiger partial charge is 0.452 e. The predicted molar refractivity (Wildman–Crippen MR) is 115 cm³/mol. The number of hydrogen-bond acceptors (Lipinski definition) is 7. The summed E-state index contributed by atoms with van der Waals surface area (Å²) in [7, 11) is -1.57. The molecule has 1 aliphatic heterocycles. The minimum atomic E-state index is -3.11. The number of hydrogen-bond donors (Lipinski definition) is 0. The fraction of sp³-hybridized carbons (Fsp3) is 0.286. The van der Waals surface area contributed by atoms with Gasteiger partial charge in [0.25, 0.3) is 5.91 Å². The van der Waals surface area contributed by atoms with Crippen molar-refractivity contribution in [3.8, 4) is 10.6 Å². The zero-order valence-electron chi connectivity index (χ0n) is 16.3. The van der Waals surface area contributed by atoms with E-state index in [1.165, 1.54) is 16.2 Å². The van der Waals surface area contributed by atoms with E-state index < -0.39 is 28.3 Å². The molecule has 3 aromatic rings. The minimum Gasteiger partial charge on any atom is -0.452 e. The van der Waals surface area contributed by atoms with Gasteiger partial charge in [-0.2, -0.15) is 0 Å². The SMILES string of the molecule is CN(C(=O)COC(=O)c1cc(-c2cccs2)nc2ccccc12)[C@H]1CCS(=O)(=O)C1. The van der Waals surface area contributed by atoms with Crippen LogP contribution in [0.25, 0.3) is 21.5 Å². The van der Waals surface area contributed by atoms with Crippen LogP contribution in [0.4, 0.5) is 0 Å². The molecule has 30 heavy (non-hydrogen) atoms. The summed E-state index contributed by atoms with van der Waals surface area (Å²) in [4.78, 5) is 32.2. The molecule has 4 rings (SSSR count). The average molecular weight is 445 g/mol. The van der Waals surface area contributed by atoms with Crippen LogP contribution in [0.1, 0.15) is 16.8 Å².